The van der Waals surface area contributed by atoms with Gasteiger partial charge in [-0.25, -0.2) is 0 Å². The number of unbranched alkanes of at least 4 members (excludes halogenated alkanes) is 2. The molecular formula is C13H19BrO3. The van der Waals surface area contributed by atoms with Crippen LogP contribution in [0.1, 0.15) is 37.9 Å². The van der Waals surface area contributed by atoms with E-state index in [4.69, 9.17) is 9.84 Å². The molecule has 0 radical (unpaired) electrons. The highest BCUT2D eigenvalue weighted by Crippen LogP contribution is 2.28. The topological polar surface area (TPSA) is 49.7 Å². The Morgan fingerprint density at radius 2 is 2.06 bits per heavy atom. The van der Waals surface area contributed by atoms with Crippen molar-refractivity contribution in [3.8, 4) is 5.75 Å². The second kappa shape index (κ2) is 7.69. The number of hydrogen-bond donors (Lipinski definition) is 2. The van der Waals surface area contributed by atoms with Crippen LogP contribution in [0.25, 0.3) is 0 Å². The zero-order valence-electron chi connectivity index (χ0n) is 10.0. The van der Waals surface area contributed by atoms with Crippen LogP contribution in [0.2, 0.25) is 0 Å². The average Bonchev–Trinajstić information content (AvgIpc) is 2.30. The Labute approximate surface area is 111 Å². The molecule has 0 aliphatic rings. The molecule has 0 heterocycles. The van der Waals surface area contributed by atoms with Crippen LogP contribution in [0.3, 0.4) is 0 Å². The smallest absolute Gasteiger partial charge is 0.125 e. The van der Waals surface area contributed by atoms with Crippen molar-refractivity contribution in [1.82, 2.24) is 0 Å². The van der Waals surface area contributed by atoms with E-state index in [-0.39, 0.29) is 6.61 Å². The van der Waals surface area contributed by atoms with Crippen molar-refractivity contribution in [3.05, 3.63) is 28.2 Å². The minimum atomic E-state index is -0.542. The molecule has 0 aliphatic heterocycles. The van der Waals surface area contributed by atoms with Crippen molar-refractivity contribution in [1.29, 1.82) is 0 Å². The fraction of sp³-hybridized carbons (Fsp3) is 0.538. The minimum absolute atomic E-state index is 0.233. The highest BCUT2D eigenvalue weighted by Gasteiger charge is 2.09. The van der Waals surface area contributed by atoms with Crippen molar-refractivity contribution in [2.75, 3.05) is 13.2 Å². The molecule has 2 N–H and O–H groups in total. The maximum Gasteiger partial charge on any atom is 0.125 e. The van der Waals surface area contributed by atoms with Crippen molar-refractivity contribution in [2.45, 2.75) is 32.3 Å². The molecule has 96 valence electrons. The average molecular weight is 303 g/mol. The number of rotatable bonds is 7. The van der Waals surface area contributed by atoms with E-state index in [1.54, 1.807) is 6.92 Å². The fourth-order valence-electron chi connectivity index (χ4n) is 1.55. The van der Waals surface area contributed by atoms with Gasteiger partial charge in [0.15, 0.2) is 0 Å². The van der Waals surface area contributed by atoms with Crippen molar-refractivity contribution in [2.24, 2.45) is 0 Å². The normalized spacial score (nSPS) is 12.5. The lowest BCUT2D eigenvalue weighted by atomic mass is 10.1. The quantitative estimate of drug-likeness (QED) is 0.761. The van der Waals surface area contributed by atoms with Gasteiger partial charge in [0.05, 0.1) is 12.7 Å². The van der Waals surface area contributed by atoms with E-state index < -0.39 is 6.10 Å². The van der Waals surface area contributed by atoms with Gasteiger partial charge in [0.1, 0.15) is 5.75 Å². The Morgan fingerprint density at radius 1 is 1.29 bits per heavy atom. The lowest BCUT2D eigenvalue weighted by molar-refractivity contribution is 0.190. The Balaban J connectivity index is 2.52. The molecule has 4 heteroatoms. The summed E-state index contributed by atoms with van der Waals surface area (Å²) < 4.78 is 6.57. The first-order valence-corrected chi connectivity index (χ1v) is 6.65. The monoisotopic (exact) mass is 302 g/mol. The third-order valence-electron chi connectivity index (χ3n) is 2.48. The van der Waals surface area contributed by atoms with Gasteiger partial charge < -0.3 is 14.9 Å². The molecule has 1 rings (SSSR count). The van der Waals surface area contributed by atoms with E-state index >= 15 is 0 Å². The maximum atomic E-state index is 9.64. The number of aliphatic hydroxyl groups excluding tert-OH is 2. The summed E-state index contributed by atoms with van der Waals surface area (Å²) in [6.07, 6.45) is 2.14. The molecule has 1 atom stereocenters. The molecule has 0 saturated heterocycles. The molecule has 0 fully saturated rings. The largest absolute Gasteiger partial charge is 0.493 e. The van der Waals surface area contributed by atoms with Crippen LogP contribution < -0.4 is 4.74 Å². The van der Waals surface area contributed by atoms with Crippen LogP contribution in [0.15, 0.2) is 22.7 Å². The summed E-state index contributed by atoms with van der Waals surface area (Å²) >= 11 is 3.37. The predicted molar refractivity (Wildman–Crippen MR) is 71.2 cm³/mol. The fourth-order valence-corrected chi connectivity index (χ4v) is 1.93. The molecule has 3 nitrogen and oxygen atoms in total. The molecule has 1 aromatic carbocycles. The zero-order chi connectivity index (χ0) is 12.7. The first-order valence-electron chi connectivity index (χ1n) is 5.86. The van der Waals surface area contributed by atoms with Gasteiger partial charge in [-0.1, -0.05) is 15.9 Å². The molecule has 0 bridgehead atoms. The predicted octanol–water partition coefficient (Wildman–Crippen LogP) is 3.04. The number of halogens is 1. The number of benzene rings is 1. The number of ether oxygens (including phenoxy) is 1. The van der Waals surface area contributed by atoms with Crippen LogP contribution in [0.4, 0.5) is 0 Å². The second-order valence-corrected chi connectivity index (χ2v) is 4.91. The van der Waals surface area contributed by atoms with E-state index in [1.165, 1.54) is 0 Å². The molecule has 0 saturated carbocycles. The second-order valence-electron chi connectivity index (χ2n) is 3.99. The van der Waals surface area contributed by atoms with Crippen molar-refractivity contribution in [3.63, 3.8) is 0 Å². The summed E-state index contributed by atoms with van der Waals surface area (Å²) in [4.78, 5) is 0. The Kier molecular flexibility index (Phi) is 6.55. The van der Waals surface area contributed by atoms with E-state index in [1.807, 2.05) is 18.2 Å². The van der Waals surface area contributed by atoms with Crippen LogP contribution >= 0.6 is 15.9 Å². The van der Waals surface area contributed by atoms with Gasteiger partial charge in [-0.05, 0) is 44.4 Å². The third kappa shape index (κ3) is 5.06. The van der Waals surface area contributed by atoms with E-state index in [9.17, 15) is 5.11 Å². The number of hydrogen-bond acceptors (Lipinski definition) is 3. The summed E-state index contributed by atoms with van der Waals surface area (Å²) in [6.45, 7) is 2.57. The van der Waals surface area contributed by atoms with Gasteiger partial charge >= 0.3 is 0 Å². The molecule has 17 heavy (non-hydrogen) atoms. The summed E-state index contributed by atoms with van der Waals surface area (Å²) in [7, 11) is 0. The third-order valence-corrected chi connectivity index (χ3v) is 2.98. The van der Waals surface area contributed by atoms with E-state index in [0.717, 1.165) is 35.0 Å². The van der Waals surface area contributed by atoms with Gasteiger partial charge in [0.2, 0.25) is 0 Å². The van der Waals surface area contributed by atoms with Gasteiger partial charge in [-0.15, -0.1) is 0 Å². The summed E-state index contributed by atoms with van der Waals surface area (Å²) in [5.74, 6) is 0.729. The minimum Gasteiger partial charge on any atom is -0.493 e. The summed E-state index contributed by atoms with van der Waals surface area (Å²) in [5.41, 5.74) is 0.793. The molecule has 0 amide bonds. The first kappa shape index (κ1) is 14.5. The van der Waals surface area contributed by atoms with Crippen molar-refractivity contribution < 1.29 is 14.9 Å². The molecule has 0 aromatic heterocycles. The molecule has 0 unspecified atom stereocenters. The maximum absolute atomic E-state index is 9.64. The molecule has 0 spiro atoms. The highest BCUT2D eigenvalue weighted by molar-refractivity contribution is 9.10. The Morgan fingerprint density at radius 3 is 2.71 bits per heavy atom. The molecular weight excluding hydrogens is 284 g/mol. The lowest BCUT2D eigenvalue weighted by Gasteiger charge is -2.13. The van der Waals surface area contributed by atoms with Gasteiger partial charge in [-0.3, -0.25) is 0 Å². The number of aliphatic hydroxyl groups is 2. The zero-order valence-corrected chi connectivity index (χ0v) is 11.6. The standard InChI is InChI=1S/C13H19BrO3/c1-10(16)12-9-11(14)5-6-13(12)17-8-4-2-3-7-15/h5-6,9-10,15-16H,2-4,7-8H2,1H3/t10-/m1/s1. The van der Waals surface area contributed by atoms with Crippen LogP contribution in [-0.4, -0.2) is 23.4 Å². The summed E-state index contributed by atoms with van der Waals surface area (Å²) in [5, 5.41) is 18.3. The Bertz CT molecular complexity index is 339. The van der Waals surface area contributed by atoms with Crippen molar-refractivity contribution >= 4 is 15.9 Å². The Hall–Kier alpha value is -0.580. The molecule has 0 aliphatic carbocycles. The van der Waals surface area contributed by atoms with Gasteiger partial charge in [-0.2, -0.15) is 0 Å². The first-order chi connectivity index (χ1) is 8.15. The molecule has 1 aromatic rings. The van der Waals surface area contributed by atoms with E-state index in [2.05, 4.69) is 15.9 Å². The highest BCUT2D eigenvalue weighted by atomic mass is 79.9. The van der Waals surface area contributed by atoms with Gasteiger partial charge in [0.25, 0.3) is 0 Å². The van der Waals surface area contributed by atoms with Crippen LogP contribution in [-0.2, 0) is 0 Å². The SMILES string of the molecule is C[C@@H](O)c1cc(Br)ccc1OCCCCCO. The summed E-state index contributed by atoms with van der Waals surface area (Å²) in [6, 6.07) is 5.63. The van der Waals surface area contributed by atoms with Gasteiger partial charge in [0, 0.05) is 16.6 Å². The van der Waals surface area contributed by atoms with Crippen LogP contribution in [0.5, 0.6) is 5.75 Å². The van der Waals surface area contributed by atoms with Crippen LogP contribution in [0, 0.1) is 0 Å². The van der Waals surface area contributed by atoms with E-state index in [0.29, 0.717) is 6.61 Å². The lowest BCUT2D eigenvalue weighted by Crippen LogP contribution is -2.02.